The lowest BCUT2D eigenvalue weighted by molar-refractivity contribution is -0.0431. The molecule has 0 aromatic heterocycles. The van der Waals surface area contributed by atoms with E-state index < -0.39 is 5.60 Å². The van der Waals surface area contributed by atoms with Crippen LogP contribution >= 0.6 is 0 Å². The molecule has 0 radical (unpaired) electrons. The molecule has 0 spiro atoms. The van der Waals surface area contributed by atoms with Crippen LogP contribution in [0.4, 0.5) is 0 Å². The lowest BCUT2D eigenvalue weighted by atomic mass is 9.71. The van der Waals surface area contributed by atoms with Crippen molar-refractivity contribution in [2.24, 2.45) is 0 Å². The van der Waals surface area contributed by atoms with Gasteiger partial charge in [-0.1, -0.05) is 54.6 Å². The van der Waals surface area contributed by atoms with E-state index in [0.717, 1.165) is 29.8 Å². The number of likely N-dealkylation sites (tertiary alicyclic amines) is 1. The highest BCUT2D eigenvalue weighted by Crippen LogP contribution is 2.44. The SMILES string of the molecule is CN1CC[C@@](O)(c2ccccc2CO)[C@@H](c2ccccc2)C1. The number of benzene rings is 2. The fourth-order valence-corrected chi connectivity index (χ4v) is 3.56. The molecule has 3 nitrogen and oxygen atoms in total. The molecular formula is C19H23NO2. The normalized spacial score (nSPS) is 26.0. The van der Waals surface area contributed by atoms with E-state index in [0.29, 0.717) is 6.42 Å². The van der Waals surface area contributed by atoms with E-state index in [1.807, 2.05) is 42.5 Å². The summed E-state index contributed by atoms with van der Waals surface area (Å²) in [4.78, 5) is 2.26. The largest absolute Gasteiger partial charge is 0.392 e. The average molecular weight is 297 g/mol. The van der Waals surface area contributed by atoms with Gasteiger partial charge in [0.05, 0.1) is 12.2 Å². The van der Waals surface area contributed by atoms with Crippen LogP contribution in [0.15, 0.2) is 54.6 Å². The summed E-state index contributed by atoms with van der Waals surface area (Å²) < 4.78 is 0. The summed E-state index contributed by atoms with van der Waals surface area (Å²) in [5.74, 6) is 0.000139. The first-order valence-corrected chi connectivity index (χ1v) is 7.80. The van der Waals surface area contributed by atoms with E-state index in [1.54, 1.807) is 0 Å². The number of piperidine rings is 1. The van der Waals surface area contributed by atoms with Gasteiger partial charge in [0.2, 0.25) is 0 Å². The lowest BCUT2D eigenvalue weighted by Gasteiger charge is -2.45. The van der Waals surface area contributed by atoms with Crippen LogP contribution in [-0.4, -0.2) is 35.3 Å². The Bertz CT molecular complexity index is 628. The molecule has 2 aromatic rings. The molecule has 1 aliphatic heterocycles. The van der Waals surface area contributed by atoms with Crippen LogP contribution in [0.1, 0.15) is 29.0 Å². The third-order valence-corrected chi connectivity index (χ3v) is 4.80. The molecule has 1 fully saturated rings. The molecular weight excluding hydrogens is 274 g/mol. The maximum absolute atomic E-state index is 11.5. The second-order valence-corrected chi connectivity index (χ2v) is 6.22. The first-order chi connectivity index (χ1) is 10.6. The molecule has 2 aromatic carbocycles. The molecule has 2 atom stereocenters. The highest BCUT2D eigenvalue weighted by molar-refractivity contribution is 5.37. The van der Waals surface area contributed by atoms with Crippen molar-refractivity contribution in [2.45, 2.75) is 24.5 Å². The van der Waals surface area contributed by atoms with Crippen LogP contribution in [0.2, 0.25) is 0 Å². The zero-order valence-electron chi connectivity index (χ0n) is 12.9. The maximum atomic E-state index is 11.5. The lowest BCUT2D eigenvalue weighted by Crippen LogP contribution is -2.47. The van der Waals surface area contributed by atoms with Gasteiger partial charge in [-0.25, -0.2) is 0 Å². The van der Waals surface area contributed by atoms with Crippen molar-refractivity contribution in [1.29, 1.82) is 0 Å². The second-order valence-electron chi connectivity index (χ2n) is 6.22. The molecule has 0 amide bonds. The first-order valence-electron chi connectivity index (χ1n) is 7.80. The number of aliphatic hydroxyl groups is 2. The average Bonchev–Trinajstić information content (AvgIpc) is 2.58. The Morgan fingerprint density at radius 1 is 1.09 bits per heavy atom. The smallest absolute Gasteiger partial charge is 0.0992 e. The van der Waals surface area contributed by atoms with Crippen LogP contribution in [0, 0.1) is 0 Å². The van der Waals surface area contributed by atoms with Crippen molar-refractivity contribution in [3.63, 3.8) is 0 Å². The molecule has 2 N–H and O–H groups in total. The van der Waals surface area contributed by atoms with E-state index in [4.69, 9.17) is 0 Å². The quantitative estimate of drug-likeness (QED) is 0.915. The summed E-state index contributed by atoms with van der Waals surface area (Å²) >= 11 is 0. The summed E-state index contributed by atoms with van der Waals surface area (Å²) in [6.45, 7) is 1.61. The van der Waals surface area contributed by atoms with E-state index in [2.05, 4.69) is 24.1 Å². The fourth-order valence-electron chi connectivity index (χ4n) is 3.56. The minimum atomic E-state index is -0.937. The Hall–Kier alpha value is -1.68. The van der Waals surface area contributed by atoms with E-state index in [-0.39, 0.29) is 12.5 Å². The van der Waals surface area contributed by atoms with Gasteiger partial charge in [0, 0.05) is 19.0 Å². The number of rotatable bonds is 3. The molecule has 0 saturated carbocycles. The summed E-state index contributed by atoms with van der Waals surface area (Å²) in [5.41, 5.74) is 1.88. The van der Waals surface area contributed by atoms with Gasteiger partial charge in [-0.3, -0.25) is 0 Å². The van der Waals surface area contributed by atoms with Gasteiger partial charge in [-0.05, 0) is 30.2 Å². The number of hydrogen-bond donors (Lipinski definition) is 2. The molecule has 22 heavy (non-hydrogen) atoms. The molecule has 1 saturated heterocycles. The molecule has 0 unspecified atom stereocenters. The van der Waals surface area contributed by atoms with Gasteiger partial charge < -0.3 is 15.1 Å². The molecule has 1 heterocycles. The highest BCUT2D eigenvalue weighted by Gasteiger charge is 2.43. The van der Waals surface area contributed by atoms with Crippen LogP contribution in [0.25, 0.3) is 0 Å². The topological polar surface area (TPSA) is 43.7 Å². The Labute approximate surface area is 131 Å². The van der Waals surface area contributed by atoms with Crippen molar-refractivity contribution >= 4 is 0 Å². The maximum Gasteiger partial charge on any atom is 0.0992 e. The second kappa shape index (κ2) is 6.21. The van der Waals surface area contributed by atoms with E-state index in [1.165, 1.54) is 0 Å². The van der Waals surface area contributed by atoms with Crippen molar-refractivity contribution in [3.05, 3.63) is 71.3 Å². The fraction of sp³-hybridized carbons (Fsp3) is 0.368. The molecule has 0 aliphatic carbocycles. The summed E-state index contributed by atoms with van der Waals surface area (Å²) in [6, 6.07) is 17.9. The monoisotopic (exact) mass is 297 g/mol. The van der Waals surface area contributed by atoms with Crippen molar-refractivity contribution in [1.82, 2.24) is 4.90 Å². The molecule has 0 bridgehead atoms. The van der Waals surface area contributed by atoms with Crippen LogP contribution in [-0.2, 0) is 12.2 Å². The highest BCUT2D eigenvalue weighted by atomic mass is 16.3. The Balaban J connectivity index is 2.08. The molecule has 3 rings (SSSR count). The Kier molecular flexibility index (Phi) is 4.30. The minimum Gasteiger partial charge on any atom is -0.392 e. The molecule has 3 heteroatoms. The predicted octanol–water partition coefficient (Wildman–Crippen LogP) is 2.49. The Morgan fingerprint density at radius 3 is 2.50 bits per heavy atom. The van der Waals surface area contributed by atoms with Crippen LogP contribution in [0.5, 0.6) is 0 Å². The zero-order valence-corrected chi connectivity index (χ0v) is 12.9. The van der Waals surface area contributed by atoms with Gasteiger partial charge in [-0.2, -0.15) is 0 Å². The van der Waals surface area contributed by atoms with Gasteiger partial charge in [0.1, 0.15) is 0 Å². The Morgan fingerprint density at radius 2 is 1.77 bits per heavy atom. The predicted molar refractivity (Wildman–Crippen MR) is 87.6 cm³/mol. The summed E-state index contributed by atoms with van der Waals surface area (Å²) in [6.07, 6.45) is 0.667. The number of hydrogen-bond acceptors (Lipinski definition) is 3. The van der Waals surface area contributed by atoms with Crippen molar-refractivity contribution < 1.29 is 10.2 Å². The third kappa shape index (κ3) is 2.68. The van der Waals surface area contributed by atoms with Crippen LogP contribution < -0.4 is 0 Å². The van der Waals surface area contributed by atoms with Crippen molar-refractivity contribution in [3.8, 4) is 0 Å². The van der Waals surface area contributed by atoms with Gasteiger partial charge in [0.15, 0.2) is 0 Å². The molecule has 116 valence electrons. The molecule has 1 aliphatic rings. The summed E-state index contributed by atoms with van der Waals surface area (Å²) in [5, 5.41) is 21.2. The van der Waals surface area contributed by atoms with Crippen molar-refractivity contribution in [2.75, 3.05) is 20.1 Å². The minimum absolute atomic E-state index is 0.000139. The number of aliphatic hydroxyl groups excluding tert-OH is 1. The summed E-state index contributed by atoms with van der Waals surface area (Å²) in [7, 11) is 2.09. The van der Waals surface area contributed by atoms with Gasteiger partial charge in [0.25, 0.3) is 0 Å². The number of nitrogens with zero attached hydrogens (tertiary/aromatic N) is 1. The van der Waals surface area contributed by atoms with Gasteiger partial charge >= 0.3 is 0 Å². The van der Waals surface area contributed by atoms with Gasteiger partial charge in [-0.15, -0.1) is 0 Å². The van der Waals surface area contributed by atoms with E-state index in [9.17, 15) is 10.2 Å². The first kappa shape index (κ1) is 15.2. The van der Waals surface area contributed by atoms with Crippen LogP contribution in [0.3, 0.4) is 0 Å². The zero-order chi connectivity index (χ0) is 15.6. The van der Waals surface area contributed by atoms with E-state index >= 15 is 0 Å². The standard InChI is InChI=1S/C19H23NO2/c1-20-12-11-19(22,17-10-6-5-9-16(17)14-21)18(13-20)15-7-3-2-4-8-15/h2-10,18,21-22H,11-14H2,1H3/t18-,19-/m1/s1. The number of likely N-dealkylation sites (N-methyl/N-ethyl adjacent to an activating group) is 1. The third-order valence-electron chi connectivity index (χ3n) is 4.80.